The molecule has 10 heteroatoms. The van der Waals surface area contributed by atoms with Crippen LogP contribution in [0.15, 0.2) is 54.7 Å². The van der Waals surface area contributed by atoms with E-state index in [9.17, 15) is 4.21 Å². The van der Waals surface area contributed by atoms with Gasteiger partial charge in [-0.25, -0.2) is 14.2 Å². The van der Waals surface area contributed by atoms with Crippen molar-refractivity contribution in [1.82, 2.24) is 19.9 Å². The number of likely N-dealkylation sites (N-methyl/N-ethyl adjacent to an activating group) is 1. The normalized spacial score (nSPS) is 16.3. The van der Waals surface area contributed by atoms with Gasteiger partial charge >= 0.3 is 0 Å². The highest BCUT2D eigenvalue weighted by molar-refractivity contribution is 7.85. The fraction of sp³-hybridized carbons (Fsp3) is 0.280. The van der Waals surface area contributed by atoms with E-state index in [1.54, 1.807) is 23.8 Å². The molecule has 0 radical (unpaired) electrons. The van der Waals surface area contributed by atoms with E-state index in [0.717, 1.165) is 48.2 Å². The lowest BCUT2D eigenvalue weighted by Gasteiger charge is -2.34. The molecule has 35 heavy (non-hydrogen) atoms. The number of rotatable bonds is 3. The van der Waals surface area contributed by atoms with E-state index in [2.05, 4.69) is 51.4 Å². The number of hydrogen-bond acceptors (Lipinski definition) is 6. The van der Waals surface area contributed by atoms with E-state index in [0.29, 0.717) is 22.3 Å². The van der Waals surface area contributed by atoms with E-state index < -0.39 is 11.0 Å². The van der Waals surface area contributed by atoms with Gasteiger partial charge in [0.05, 0.1) is 21.8 Å². The van der Waals surface area contributed by atoms with Crippen LogP contribution < -0.4 is 14.5 Å². The van der Waals surface area contributed by atoms with Crippen LogP contribution in [-0.2, 0) is 11.0 Å². The van der Waals surface area contributed by atoms with Gasteiger partial charge in [0.15, 0.2) is 5.82 Å². The summed E-state index contributed by atoms with van der Waals surface area (Å²) in [5.41, 5.74) is 3.41. The lowest BCUT2D eigenvalue weighted by atomic mass is 10.1. The first-order valence-corrected chi connectivity index (χ1v) is 13.3. The maximum absolute atomic E-state index is 12.2. The minimum atomic E-state index is -1.20. The van der Waals surface area contributed by atoms with Crippen molar-refractivity contribution in [1.29, 1.82) is 0 Å². The monoisotopic (exact) mass is 509 g/mol. The highest BCUT2D eigenvalue weighted by Gasteiger charge is 2.16. The molecule has 3 heterocycles. The SMILES string of the molecule is CN1CCN(c2ccc3cc2ccc2ccc(N(C)S(C)=O)c(c2)nc2[nH]c(n3)NC=C2Cl)CC1. The zero-order valence-corrected chi connectivity index (χ0v) is 21.5. The van der Waals surface area contributed by atoms with Gasteiger partial charge in [0.25, 0.3) is 0 Å². The Hall–Kier alpha value is -3.14. The lowest BCUT2D eigenvalue weighted by molar-refractivity contribution is 0.313. The van der Waals surface area contributed by atoms with Crippen LogP contribution in [0, 0.1) is 0 Å². The first-order valence-electron chi connectivity index (χ1n) is 11.4. The van der Waals surface area contributed by atoms with Gasteiger partial charge < -0.3 is 20.1 Å². The van der Waals surface area contributed by atoms with Crippen molar-refractivity contribution in [2.24, 2.45) is 0 Å². The van der Waals surface area contributed by atoms with Crippen molar-refractivity contribution in [3.05, 3.63) is 60.6 Å². The van der Waals surface area contributed by atoms with Crippen molar-refractivity contribution in [2.75, 3.05) is 61.1 Å². The van der Waals surface area contributed by atoms with Crippen molar-refractivity contribution < 1.29 is 4.21 Å². The molecule has 0 spiro atoms. The molecule has 2 aliphatic heterocycles. The molecule has 2 N–H and O–H groups in total. The second kappa shape index (κ2) is 9.85. The van der Waals surface area contributed by atoms with E-state index in [-0.39, 0.29) is 0 Å². The third-order valence-corrected chi connectivity index (χ3v) is 7.56. The fourth-order valence-corrected chi connectivity index (χ4v) is 4.78. The standard InChI is InChI=1S/C25H28ClN7OS/c1-31-10-12-33(13-11-31)22-9-7-19-15-18(22)6-4-17-5-8-23(32(2)35(3)34)21(14-17)29-24-20(26)16-27-25(28-19)30-24/h4-9,14-16H,10-13H2,1-3H3,(H2,27,28,29,30). The number of H-pyrrole nitrogens is 1. The summed E-state index contributed by atoms with van der Waals surface area (Å²) in [7, 11) is 2.74. The fourth-order valence-electron chi connectivity index (χ4n) is 4.20. The van der Waals surface area contributed by atoms with Crippen LogP contribution in [0.2, 0.25) is 0 Å². The number of aromatic amines is 1. The Balaban J connectivity index is 1.77. The van der Waals surface area contributed by atoms with Crippen molar-refractivity contribution in [3.63, 3.8) is 0 Å². The summed E-state index contributed by atoms with van der Waals surface area (Å²) in [6.45, 7) is 4.03. The summed E-state index contributed by atoms with van der Waals surface area (Å²) >= 11 is 6.45. The van der Waals surface area contributed by atoms with Crippen LogP contribution in [0.3, 0.4) is 0 Å². The van der Waals surface area contributed by atoms with E-state index in [1.807, 2.05) is 24.3 Å². The number of anilines is 3. The molecule has 1 atom stereocenters. The molecule has 182 valence electrons. The number of fused-ring (bicyclic) bond motifs is 6. The quantitative estimate of drug-likeness (QED) is 0.549. The molecule has 1 aromatic heterocycles. The maximum Gasteiger partial charge on any atom is 0.206 e. The Kier molecular flexibility index (Phi) is 6.64. The number of halogens is 1. The second-order valence-corrected chi connectivity index (χ2v) is 10.5. The summed E-state index contributed by atoms with van der Waals surface area (Å²) in [6, 6.07) is 16.4. The minimum Gasteiger partial charge on any atom is -0.368 e. The van der Waals surface area contributed by atoms with Crippen LogP contribution in [0.1, 0.15) is 5.82 Å². The largest absolute Gasteiger partial charge is 0.368 e. The minimum absolute atomic E-state index is 0.428. The zero-order valence-electron chi connectivity index (χ0n) is 20.0. The van der Waals surface area contributed by atoms with Gasteiger partial charge in [-0.3, -0.25) is 4.31 Å². The Morgan fingerprint density at radius 1 is 1.03 bits per heavy atom. The molecule has 1 fully saturated rings. The first-order chi connectivity index (χ1) is 16.9. The second-order valence-electron chi connectivity index (χ2n) is 8.72. The number of nitrogens with one attached hydrogen (secondary N) is 2. The molecule has 6 bridgehead atoms. The summed E-state index contributed by atoms with van der Waals surface area (Å²) in [6.07, 6.45) is 3.30. The van der Waals surface area contributed by atoms with Gasteiger partial charge in [-0.2, -0.15) is 0 Å². The molecule has 2 aliphatic rings. The molecule has 5 rings (SSSR count). The van der Waals surface area contributed by atoms with E-state index >= 15 is 0 Å². The van der Waals surface area contributed by atoms with Crippen LogP contribution in [0.25, 0.3) is 26.8 Å². The Labute approximate surface area is 212 Å². The molecule has 1 saturated heterocycles. The molecule has 0 aliphatic carbocycles. The van der Waals surface area contributed by atoms with Crippen LogP contribution in [0.5, 0.6) is 0 Å². The van der Waals surface area contributed by atoms with Gasteiger partial charge in [0.1, 0.15) is 11.0 Å². The maximum atomic E-state index is 12.2. The van der Waals surface area contributed by atoms with Gasteiger partial charge in [-0.15, -0.1) is 0 Å². The van der Waals surface area contributed by atoms with Gasteiger partial charge in [0.2, 0.25) is 5.95 Å². The number of aromatic nitrogens is 3. The Morgan fingerprint density at radius 2 is 1.80 bits per heavy atom. The molecular weight excluding hydrogens is 482 g/mol. The molecular formula is C25H28ClN7OS. The highest BCUT2D eigenvalue weighted by Crippen LogP contribution is 2.27. The Bertz CT molecular complexity index is 1430. The molecule has 0 amide bonds. The average molecular weight is 510 g/mol. The topological polar surface area (TPSA) is 80.4 Å². The molecule has 2 aromatic carbocycles. The predicted octanol–water partition coefficient (Wildman–Crippen LogP) is 4.24. The van der Waals surface area contributed by atoms with Crippen molar-refractivity contribution in [3.8, 4) is 0 Å². The molecule has 3 aromatic rings. The molecule has 8 nitrogen and oxygen atoms in total. The van der Waals surface area contributed by atoms with Crippen LogP contribution in [0.4, 0.5) is 17.3 Å². The Morgan fingerprint density at radius 3 is 2.57 bits per heavy atom. The van der Waals surface area contributed by atoms with E-state index in [1.165, 1.54) is 5.69 Å². The highest BCUT2D eigenvalue weighted by atomic mass is 35.5. The van der Waals surface area contributed by atoms with Crippen LogP contribution >= 0.6 is 11.6 Å². The summed E-state index contributed by atoms with van der Waals surface area (Å²) in [5, 5.41) is 5.60. The third-order valence-electron chi connectivity index (χ3n) is 6.31. The number of nitrogens with zero attached hydrogens (tertiary/aromatic N) is 5. The van der Waals surface area contributed by atoms with Gasteiger partial charge in [-0.1, -0.05) is 29.8 Å². The third kappa shape index (κ3) is 5.12. The smallest absolute Gasteiger partial charge is 0.206 e. The number of benzene rings is 2. The lowest BCUT2D eigenvalue weighted by Crippen LogP contribution is -2.44. The number of hydrogen-bond donors (Lipinski definition) is 2. The average Bonchev–Trinajstić information content (AvgIpc) is 2.85. The number of piperazine rings is 1. The molecule has 0 saturated carbocycles. The summed E-state index contributed by atoms with van der Waals surface area (Å²) in [4.78, 5) is 17.5. The first kappa shape index (κ1) is 23.6. The summed E-state index contributed by atoms with van der Waals surface area (Å²) < 4.78 is 13.9. The van der Waals surface area contributed by atoms with Gasteiger partial charge in [-0.05, 0) is 48.2 Å². The van der Waals surface area contributed by atoms with Crippen molar-refractivity contribution in [2.45, 2.75) is 0 Å². The van der Waals surface area contributed by atoms with Crippen molar-refractivity contribution >= 4 is 66.7 Å². The van der Waals surface area contributed by atoms with Crippen LogP contribution in [-0.4, -0.2) is 70.6 Å². The zero-order chi connectivity index (χ0) is 24.5. The van der Waals surface area contributed by atoms with Gasteiger partial charge in [0, 0.05) is 51.4 Å². The van der Waals surface area contributed by atoms with E-state index in [4.69, 9.17) is 21.6 Å². The predicted molar refractivity (Wildman–Crippen MR) is 147 cm³/mol. The summed E-state index contributed by atoms with van der Waals surface area (Å²) in [5.74, 6) is 0.996. The molecule has 1 unspecified atom stereocenters.